The average molecular weight is 510 g/mol. The van der Waals surface area contributed by atoms with E-state index >= 15 is 0 Å². The van der Waals surface area contributed by atoms with Crippen molar-refractivity contribution in [3.8, 4) is 10.7 Å². The van der Waals surface area contributed by atoms with Gasteiger partial charge in [0.05, 0.1) is 22.2 Å². The fourth-order valence-corrected chi connectivity index (χ4v) is 6.91. The van der Waals surface area contributed by atoms with Crippen LogP contribution in [-0.2, 0) is 16.4 Å². The Labute approximate surface area is 211 Å². The van der Waals surface area contributed by atoms with Crippen molar-refractivity contribution in [2.45, 2.75) is 46.2 Å². The largest absolute Gasteiger partial charge is 0.368 e. The van der Waals surface area contributed by atoms with Crippen LogP contribution in [0, 0.1) is 12.8 Å². The summed E-state index contributed by atoms with van der Waals surface area (Å²) in [6.45, 7) is 10.0. The van der Waals surface area contributed by atoms with Crippen LogP contribution in [0.4, 0.5) is 11.5 Å². The lowest BCUT2D eigenvalue weighted by Crippen LogP contribution is -2.57. The molecule has 0 amide bonds. The second kappa shape index (κ2) is 9.02. The lowest BCUT2D eigenvalue weighted by Gasteiger charge is -2.49. The highest BCUT2D eigenvalue weighted by molar-refractivity contribution is 7.90. The van der Waals surface area contributed by atoms with E-state index in [1.165, 1.54) is 28.6 Å². The topological polar surface area (TPSA) is 79.3 Å². The Kier molecular flexibility index (Phi) is 6.17. The number of nitrogens with zero attached hydrogens (tertiary/aromatic N) is 5. The summed E-state index contributed by atoms with van der Waals surface area (Å²) in [6.07, 6.45) is 9.25. The number of thiazole rings is 1. The summed E-state index contributed by atoms with van der Waals surface area (Å²) in [4.78, 5) is 19.1. The van der Waals surface area contributed by atoms with Gasteiger partial charge in [-0.1, -0.05) is 19.9 Å². The van der Waals surface area contributed by atoms with Gasteiger partial charge in [0, 0.05) is 54.6 Å². The van der Waals surface area contributed by atoms with E-state index in [9.17, 15) is 8.42 Å². The van der Waals surface area contributed by atoms with Crippen LogP contribution in [0.5, 0.6) is 0 Å². The Bertz CT molecular complexity index is 1400. The predicted octanol–water partition coefficient (Wildman–Crippen LogP) is 4.89. The highest BCUT2D eigenvalue weighted by Gasteiger charge is 2.39. The van der Waals surface area contributed by atoms with Gasteiger partial charge in [-0.2, -0.15) is 0 Å². The zero-order chi connectivity index (χ0) is 24.9. The van der Waals surface area contributed by atoms with Gasteiger partial charge in [0.1, 0.15) is 15.7 Å². The second-order valence-corrected chi connectivity index (χ2v) is 13.3. The van der Waals surface area contributed by atoms with Crippen LogP contribution in [0.3, 0.4) is 0 Å². The molecule has 0 unspecified atom stereocenters. The van der Waals surface area contributed by atoms with Crippen molar-refractivity contribution in [3.05, 3.63) is 58.5 Å². The number of aromatic nitrogens is 3. The van der Waals surface area contributed by atoms with E-state index in [1.54, 1.807) is 17.5 Å². The van der Waals surface area contributed by atoms with E-state index in [0.717, 1.165) is 22.2 Å². The molecule has 2 atom stereocenters. The lowest BCUT2D eigenvalue weighted by molar-refractivity contribution is 0.340. The van der Waals surface area contributed by atoms with Gasteiger partial charge in [-0.25, -0.2) is 23.4 Å². The molecular weight excluding hydrogens is 478 g/mol. The Morgan fingerprint density at radius 1 is 1.20 bits per heavy atom. The van der Waals surface area contributed by atoms with E-state index < -0.39 is 9.84 Å². The quantitative estimate of drug-likeness (QED) is 0.468. The smallest absolute Gasteiger partial charge is 0.173 e. The van der Waals surface area contributed by atoms with E-state index in [4.69, 9.17) is 4.98 Å². The number of aryl methyl sites for hydroxylation is 1. The van der Waals surface area contributed by atoms with E-state index in [1.807, 2.05) is 19.2 Å². The maximum atomic E-state index is 11.9. The summed E-state index contributed by atoms with van der Waals surface area (Å²) in [6, 6.07) is 6.56. The minimum Gasteiger partial charge on any atom is -0.368 e. The monoisotopic (exact) mass is 509 g/mol. The van der Waals surface area contributed by atoms with Gasteiger partial charge in [0.15, 0.2) is 5.82 Å². The number of sulfone groups is 1. The molecule has 2 aromatic heterocycles. The second-order valence-electron chi connectivity index (χ2n) is 9.89. The van der Waals surface area contributed by atoms with Crippen LogP contribution in [0.15, 0.2) is 36.8 Å². The number of hydrogen-bond acceptors (Lipinski definition) is 8. The minimum absolute atomic E-state index is 0.160. The highest BCUT2D eigenvalue weighted by Crippen LogP contribution is 2.41. The molecular formula is C26H31N5O2S2. The standard InChI is InChI=1S/C26H31N5O2S2/c1-16(2)20-6-7-23(31-13-19(17(31)3)15-35(5,32)33)22-14-30(11-9-21(20)22)25-8-10-27-26(29-25)24-12-28-18(4)34-24/h6-12,16-17,19H,13-15H2,1-5H3/t17-,19-/m0/s1. The fourth-order valence-electron chi connectivity index (χ4n) is 5.03. The molecule has 0 N–H and O–H groups in total. The van der Waals surface area contributed by atoms with Crippen LogP contribution >= 0.6 is 11.3 Å². The summed E-state index contributed by atoms with van der Waals surface area (Å²) in [5.41, 5.74) is 5.03. The molecule has 1 saturated heterocycles. The van der Waals surface area contributed by atoms with Gasteiger partial charge in [0.2, 0.25) is 0 Å². The molecule has 184 valence electrons. The van der Waals surface area contributed by atoms with E-state index in [2.05, 4.69) is 64.9 Å². The van der Waals surface area contributed by atoms with Crippen molar-refractivity contribution in [3.63, 3.8) is 0 Å². The Morgan fingerprint density at radius 3 is 2.66 bits per heavy atom. The summed E-state index contributed by atoms with van der Waals surface area (Å²) >= 11 is 1.59. The van der Waals surface area contributed by atoms with Gasteiger partial charge in [-0.3, -0.25) is 0 Å². The molecule has 0 spiro atoms. The summed E-state index contributed by atoms with van der Waals surface area (Å²) in [5.74, 6) is 2.33. The van der Waals surface area contributed by atoms with E-state index in [0.29, 0.717) is 18.3 Å². The molecule has 5 rings (SSSR count). The molecule has 0 bridgehead atoms. The molecule has 0 saturated carbocycles. The Balaban J connectivity index is 1.48. The first-order valence-electron chi connectivity index (χ1n) is 11.9. The zero-order valence-electron chi connectivity index (χ0n) is 20.8. The van der Waals surface area contributed by atoms with Crippen LogP contribution in [0.1, 0.15) is 48.4 Å². The van der Waals surface area contributed by atoms with Crippen molar-refractivity contribution >= 4 is 38.8 Å². The Morgan fingerprint density at radius 2 is 2.00 bits per heavy atom. The van der Waals surface area contributed by atoms with Gasteiger partial charge < -0.3 is 9.80 Å². The first-order valence-corrected chi connectivity index (χ1v) is 14.8. The van der Waals surface area contributed by atoms with Crippen molar-refractivity contribution in [2.24, 2.45) is 5.92 Å². The minimum atomic E-state index is -2.99. The number of benzene rings is 1. The Hall–Kier alpha value is -2.78. The average Bonchev–Trinajstić information content (AvgIpc) is 3.26. The highest BCUT2D eigenvalue weighted by atomic mass is 32.2. The third kappa shape index (κ3) is 4.71. The molecule has 35 heavy (non-hydrogen) atoms. The fraction of sp³-hybridized carbons (Fsp3) is 0.423. The maximum Gasteiger partial charge on any atom is 0.173 e. The molecule has 2 aliphatic heterocycles. The molecule has 4 heterocycles. The van der Waals surface area contributed by atoms with Crippen molar-refractivity contribution in [1.29, 1.82) is 0 Å². The van der Waals surface area contributed by atoms with Crippen molar-refractivity contribution < 1.29 is 8.42 Å². The zero-order valence-corrected chi connectivity index (χ0v) is 22.4. The maximum absolute atomic E-state index is 11.9. The summed E-state index contributed by atoms with van der Waals surface area (Å²) in [7, 11) is -2.99. The normalized spacial score (nSPS) is 19.7. The number of fused-ring (bicyclic) bond motifs is 1. The lowest BCUT2D eigenvalue weighted by atomic mass is 9.86. The SMILES string of the molecule is Cc1ncc(-c2nccc(N3C=Cc4c(C(C)C)ccc(N5C[C@@H](CS(C)(=O)=O)[C@@H]5C)c4C3)n2)s1. The first kappa shape index (κ1) is 23.9. The third-order valence-corrected chi connectivity index (χ3v) is 8.89. The number of anilines is 2. The summed E-state index contributed by atoms with van der Waals surface area (Å²) in [5, 5.41) is 0.990. The first-order chi connectivity index (χ1) is 16.6. The molecule has 0 aliphatic carbocycles. The summed E-state index contributed by atoms with van der Waals surface area (Å²) < 4.78 is 23.7. The van der Waals surface area contributed by atoms with Crippen molar-refractivity contribution in [2.75, 3.05) is 28.4 Å². The predicted molar refractivity (Wildman–Crippen MR) is 144 cm³/mol. The number of rotatable bonds is 6. The van der Waals surface area contributed by atoms with Crippen LogP contribution in [0.2, 0.25) is 0 Å². The third-order valence-electron chi connectivity index (χ3n) is 6.95. The van der Waals surface area contributed by atoms with Gasteiger partial charge in [-0.15, -0.1) is 11.3 Å². The van der Waals surface area contributed by atoms with Gasteiger partial charge in [0.25, 0.3) is 0 Å². The van der Waals surface area contributed by atoms with Crippen molar-refractivity contribution in [1.82, 2.24) is 15.0 Å². The van der Waals surface area contributed by atoms with Crippen LogP contribution in [-0.4, -0.2) is 48.0 Å². The molecule has 3 aromatic rings. The van der Waals surface area contributed by atoms with Gasteiger partial charge in [-0.05, 0) is 49.1 Å². The molecule has 2 aliphatic rings. The molecule has 0 radical (unpaired) electrons. The van der Waals surface area contributed by atoms with Crippen LogP contribution in [0.25, 0.3) is 16.8 Å². The molecule has 7 nitrogen and oxygen atoms in total. The molecule has 1 fully saturated rings. The van der Waals surface area contributed by atoms with Gasteiger partial charge >= 0.3 is 0 Å². The van der Waals surface area contributed by atoms with Crippen LogP contribution < -0.4 is 9.80 Å². The van der Waals surface area contributed by atoms with E-state index in [-0.39, 0.29) is 17.7 Å². The molecule has 9 heteroatoms. The molecule has 1 aromatic carbocycles. The number of hydrogen-bond donors (Lipinski definition) is 0.